The summed E-state index contributed by atoms with van der Waals surface area (Å²) in [5.41, 5.74) is -0.654. The monoisotopic (exact) mass is 305 g/mol. The number of amides is 1. The molecule has 0 aromatic carbocycles. The Morgan fingerprint density at radius 1 is 1.26 bits per heavy atom. The minimum Gasteiger partial charge on any atom is -1.00 e. The Balaban J connectivity index is -0.00000144. The van der Waals surface area contributed by atoms with Crippen LogP contribution in [0.4, 0.5) is 0 Å². The van der Waals surface area contributed by atoms with Gasteiger partial charge in [0.2, 0.25) is 5.91 Å². The van der Waals surface area contributed by atoms with E-state index in [1.54, 1.807) is 13.8 Å². The molecule has 0 heterocycles. The molecule has 108 valence electrons. The molecule has 7 nitrogen and oxygen atoms in total. The van der Waals surface area contributed by atoms with Gasteiger partial charge in [-0.2, -0.15) is 8.42 Å². The first-order valence-corrected chi connectivity index (χ1v) is 7.06. The molecule has 0 aliphatic heterocycles. The minimum atomic E-state index is -4.00. The van der Waals surface area contributed by atoms with Gasteiger partial charge in [0, 0.05) is 13.0 Å². The average Bonchev–Trinajstić information content (AvgIpc) is 2.07. The van der Waals surface area contributed by atoms with Gasteiger partial charge in [-0.05, 0) is 11.8 Å². The molecule has 9 heteroatoms. The van der Waals surface area contributed by atoms with Crippen LogP contribution in [0.3, 0.4) is 0 Å². The summed E-state index contributed by atoms with van der Waals surface area (Å²) in [7, 11) is -4.00. The molecule has 1 amide bonds. The first-order chi connectivity index (χ1) is 8.02. The first kappa shape index (κ1) is 21.2. The van der Waals surface area contributed by atoms with Crippen LogP contribution in [0.5, 0.6) is 0 Å². The molecule has 0 aliphatic carbocycles. The van der Waals surface area contributed by atoms with E-state index >= 15 is 0 Å². The Morgan fingerprint density at radius 3 is 2.21 bits per heavy atom. The van der Waals surface area contributed by atoms with E-state index in [2.05, 4.69) is 5.32 Å². The van der Waals surface area contributed by atoms with E-state index in [9.17, 15) is 18.0 Å². The van der Waals surface area contributed by atoms with Crippen LogP contribution >= 0.6 is 0 Å². The fourth-order valence-electron chi connectivity index (χ4n) is 1.45. The van der Waals surface area contributed by atoms with E-state index < -0.39 is 27.3 Å². The number of hydrogen-bond donors (Lipinski definition) is 3. The predicted octanol–water partition coefficient (Wildman–Crippen LogP) is -2.61. The van der Waals surface area contributed by atoms with Gasteiger partial charge in [0.15, 0.2) is 0 Å². The standard InChI is InChI=1S/C10H19NO6S.Na.H/c1-10(2,7-9(13)14)6-8(12)11-4-3-5-18(15,16)17;;/h3-7H2,1-2H3,(H,11,12)(H,13,14)(H,15,16,17);;/q;+1;-1. The molecule has 0 aromatic heterocycles. The normalized spacial score (nSPS) is 11.5. The summed E-state index contributed by atoms with van der Waals surface area (Å²) >= 11 is 0. The van der Waals surface area contributed by atoms with E-state index in [-0.39, 0.29) is 62.7 Å². The second kappa shape index (κ2) is 8.91. The van der Waals surface area contributed by atoms with Crippen LogP contribution in [-0.4, -0.2) is 42.3 Å². The molecule has 0 spiro atoms. The van der Waals surface area contributed by atoms with E-state index in [4.69, 9.17) is 9.66 Å². The predicted molar refractivity (Wildman–Crippen MR) is 65.8 cm³/mol. The van der Waals surface area contributed by atoms with E-state index in [0.29, 0.717) is 0 Å². The number of nitrogens with one attached hydrogen (secondary N) is 1. The largest absolute Gasteiger partial charge is 1.00 e. The molecule has 19 heavy (non-hydrogen) atoms. The molecule has 0 aliphatic rings. The third-order valence-corrected chi connectivity index (χ3v) is 2.97. The second-order valence-electron chi connectivity index (χ2n) is 4.90. The van der Waals surface area contributed by atoms with E-state index in [1.165, 1.54) is 0 Å². The number of carbonyl (C=O) groups is 2. The van der Waals surface area contributed by atoms with Gasteiger partial charge >= 0.3 is 35.5 Å². The fraction of sp³-hybridized carbons (Fsp3) is 0.800. The van der Waals surface area contributed by atoms with Crippen molar-refractivity contribution in [3.05, 3.63) is 0 Å². The van der Waals surface area contributed by atoms with Gasteiger partial charge in [0.05, 0.1) is 12.2 Å². The van der Waals surface area contributed by atoms with E-state index in [1.807, 2.05) is 0 Å². The molecule has 0 rings (SSSR count). The summed E-state index contributed by atoms with van der Waals surface area (Å²) in [6, 6.07) is 0. The zero-order valence-corrected chi connectivity index (χ0v) is 14.3. The number of carboxylic acids is 1. The van der Waals surface area contributed by atoms with Crippen LogP contribution in [0, 0.1) is 5.41 Å². The Hall–Kier alpha value is -0.150. The Kier molecular flexibility index (Phi) is 9.92. The van der Waals surface area contributed by atoms with Gasteiger partial charge in [-0.15, -0.1) is 0 Å². The average molecular weight is 305 g/mol. The van der Waals surface area contributed by atoms with Crippen LogP contribution in [0.1, 0.15) is 34.5 Å². The van der Waals surface area contributed by atoms with Crippen molar-refractivity contribution >= 4 is 22.0 Å². The molecule has 0 radical (unpaired) electrons. The SMILES string of the molecule is CC(C)(CC(=O)O)CC(=O)NCCCS(=O)(=O)O.[H-].[Na+]. The number of carbonyl (C=O) groups excluding carboxylic acids is 1. The van der Waals surface area contributed by atoms with Crippen LogP contribution in [0.2, 0.25) is 0 Å². The molecule has 0 aromatic rings. The Bertz CT molecular complexity index is 412. The number of rotatable bonds is 8. The summed E-state index contributed by atoms with van der Waals surface area (Å²) in [6.07, 6.45) is 0.0422. The van der Waals surface area contributed by atoms with Crippen LogP contribution in [-0.2, 0) is 19.7 Å². The zero-order chi connectivity index (χ0) is 14.4. The maximum absolute atomic E-state index is 11.4. The summed E-state index contributed by atoms with van der Waals surface area (Å²) in [6.45, 7) is 3.46. The van der Waals surface area contributed by atoms with E-state index in [0.717, 1.165) is 0 Å². The van der Waals surface area contributed by atoms with Gasteiger partial charge in [0.25, 0.3) is 10.1 Å². The molecule has 0 saturated carbocycles. The van der Waals surface area contributed by atoms with Gasteiger partial charge in [0.1, 0.15) is 0 Å². The molecule has 0 unspecified atom stereocenters. The smallest absolute Gasteiger partial charge is 1.00 e. The topological polar surface area (TPSA) is 121 Å². The fourth-order valence-corrected chi connectivity index (χ4v) is 1.96. The zero-order valence-electron chi connectivity index (χ0n) is 12.5. The Labute approximate surface area is 136 Å². The molecule has 0 atom stereocenters. The third-order valence-electron chi connectivity index (χ3n) is 2.17. The summed E-state index contributed by atoms with van der Waals surface area (Å²) in [5, 5.41) is 11.1. The van der Waals surface area contributed by atoms with Crippen molar-refractivity contribution < 1.29 is 58.7 Å². The van der Waals surface area contributed by atoms with Gasteiger partial charge < -0.3 is 11.8 Å². The molecule has 0 saturated heterocycles. The summed E-state index contributed by atoms with van der Waals surface area (Å²) in [4.78, 5) is 22.0. The molecule has 3 N–H and O–H groups in total. The first-order valence-electron chi connectivity index (χ1n) is 5.45. The Morgan fingerprint density at radius 2 is 1.79 bits per heavy atom. The number of aliphatic carboxylic acids is 1. The van der Waals surface area contributed by atoms with Crippen molar-refractivity contribution in [1.29, 1.82) is 0 Å². The third kappa shape index (κ3) is 14.1. The van der Waals surface area contributed by atoms with Gasteiger partial charge in [-0.25, -0.2) is 0 Å². The van der Waals surface area contributed by atoms with Crippen molar-refractivity contribution in [3.63, 3.8) is 0 Å². The molecular weight excluding hydrogens is 285 g/mol. The molecular formula is C10H20NNaO6S. The van der Waals surface area contributed by atoms with Crippen molar-refractivity contribution in [3.8, 4) is 0 Å². The maximum atomic E-state index is 11.4. The summed E-state index contributed by atoms with van der Waals surface area (Å²) in [5.74, 6) is -1.72. The maximum Gasteiger partial charge on any atom is 1.00 e. The summed E-state index contributed by atoms with van der Waals surface area (Å²) < 4.78 is 29.3. The molecule has 0 fully saturated rings. The van der Waals surface area contributed by atoms with Gasteiger partial charge in [-0.1, -0.05) is 13.8 Å². The van der Waals surface area contributed by atoms with Crippen LogP contribution in [0.15, 0.2) is 0 Å². The van der Waals surface area contributed by atoms with Crippen molar-refractivity contribution in [2.45, 2.75) is 33.1 Å². The van der Waals surface area contributed by atoms with Crippen LogP contribution in [0.25, 0.3) is 0 Å². The van der Waals surface area contributed by atoms with Crippen molar-refractivity contribution in [2.75, 3.05) is 12.3 Å². The van der Waals surface area contributed by atoms with Crippen molar-refractivity contribution in [2.24, 2.45) is 5.41 Å². The van der Waals surface area contributed by atoms with Gasteiger partial charge in [-0.3, -0.25) is 14.1 Å². The number of carboxylic acid groups (broad SMARTS) is 1. The quantitative estimate of drug-likeness (QED) is 0.257. The van der Waals surface area contributed by atoms with Crippen LogP contribution < -0.4 is 34.9 Å². The van der Waals surface area contributed by atoms with Crippen molar-refractivity contribution in [1.82, 2.24) is 5.32 Å². The second-order valence-corrected chi connectivity index (χ2v) is 6.47. The number of hydrogen-bond acceptors (Lipinski definition) is 4. The minimum absolute atomic E-state index is 0. The molecule has 0 bridgehead atoms.